The summed E-state index contributed by atoms with van der Waals surface area (Å²) in [5.74, 6) is -0.469. The fraction of sp³-hybridized carbons (Fsp3) is 0.600. The average molecular weight is 253 g/mol. The summed E-state index contributed by atoms with van der Waals surface area (Å²) in [5, 5.41) is 0. The molecule has 1 aromatic rings. The Labute approximate surface area is 107 Å². The van der Waals surface area contributed by atoms with Crippen molar-refractivity contribution in [2.75, 3.05) is 6.54 Å². The summed E-state index contributed by atoms with van der Waals surface area (Å²) in [6.45, 7) is 0.703. The topological polar surface area (TPSA) is 26.0 Å². The van der Waals surface area contributed by atoms with Crippen LogP contribution < -0.4 is 5.73 Å². The SMILES string of the molecule is NCC1CCCCCC1Cc1ccc(F)c(F)c1. The Balaban J connectivity index is 2.07. The largest absolute Gasteiger partial charge is 0.330 e. The predicted octanol–water partition coefficient (Wildman–Crippen LogP) is 3.66. The van der Waals surface area contributed by atoms with Gasteiger partial charge in [0, 0.05) is 0 Å². The number of hydrogen-bond donors (Lipinski definition) is 1. The van der Waals surface area contributed by atoms with Crippen molar-refractivity contribution in [2.24, 2.45) is 17.6 Å². The van der Waals surface area contributed by atoms with Gasteiger partial charge in [-0.15, -0.1) is 0 Å². The second kappa shape index (κ2) is 6.28. The van der Waals surface area contributed by atoms with Crippen molar-refractivity contribution >= 4 is 0 Å². The first-order valence-corrected chi connectivity index (χ1v) is 6.84. The summed E-state index contributed by atoms with van der Waals surface area (Å²) in [6, 6.07) is 4.24. The summed E-state index contributed by atoms with van der Waals surface area (Å²) in [6.07, 6.45) is 6.89. The predicted molar refractivity (Wildman–Crippen MR) is 69.2 cm³/mol. The molecule has 1 aromatic carbocycles. The summed E-state index contributed by atoms with van der Waals surface area (Å²) >= 11 is 0. The molecule has 2 N–H and O–H groups in total. The molecule has 0 spiro atoms. The molecule has 0 bridgehead atoms. The van der Waals surface area contributed by atoms with Crippen LogP contribution in [0, 0.1) is 23.5 Å². The van der Waals surface area contributed by atoms with Crippen LogP contribution in [0.15, 0.2) is 18.2 Å². The van der Waals surface area contributed by atoms with Gasteiger partial charge in [0.1, 0.15) is 0 Å². The number of nitrogens with two attached hydrogens (primary N) is 1. The third kappa shape index (κ3) is 3.29. The van der Waals surface area contributed by atoms with Gasteiger partial charge in [0.2, 0.25) is 0 Å². The van der Waals surface area contributed by atoms with Crippen molar-refractivity contribution < 1.29 is 8.78 Å². The lowest BCUT2D eigenvalue weighted by Crippen LogP contribution is -2.24. The Hall–Kier alpha value is -0.960. The van der Waals surface area contributed by atoms with Crippen LogP contribution in [0.1, 0.15) is 37.7 Å². The number of rotatable bonds is 3. The second-order valence-corrected chi connectivity index (χ2v) is 5.35. The minimum atomic E-state index is -0.769. The summed E-state index contributed by atoms with van der Waals surface area (Å²) in [4.78, 5) is 0. The Morgan fingerprint density at radius 2 is 1.72 bits per heavy atom. The van der Waals surface area contributed by atoms with Gasteiger partial charge in [-0.25, -0.2) is 8.78 Å². The van der Waals surface area contributed by atoms with E-state index in [1.165, 1.54) is 37.8 Å². The molecule has 0 aliphatic heterocycles. The van der Waals surface area contributed by atoms with E-state index in [1.54, 1.807) is 6.07 Å². The van der Waals surface area contributed by atoms with Gasteiger partial charge < -0.3 is 5.73 Å². The average Bonchev–Trinajstić information content (AvgIpc) is 2.59. The summed E-state index contributed by atoms with van der Waals surface area (Å²) in [7, 11) is 0. The summed E-state index contributed by atoms with van der Waals surface area (Å²) in [5.41, 5.74) is 6.72. The zero-order chi connectivity index (χ0) is 13.0. The van der Waals surface area contributed by atoms with Crippen LogP contribution >= 0.6 is 0 Å². The molecule has 0 amide bonds. The van der Waals surface area contributed by atoms with E-state index < -0.39 is 11.6 Å². The van der Waals surface area contributed by atoms with E-state index in [2.05, 4.69) is 0 Å². The Kier molecular flexibility index (Phi) is 4.70. The van der Waals surface area contributed by atoms with Gasteiger partial charge >= 0.3 is 0 Å². The number of hydrogen-bond acceptors (Lipinski definition) is 1. The zero-order valence-electron chi connectivity index (χ0n) is 10.7. The van der Waals surface area contributed by atoms with Crippen molar-refractivity contribution in [3.05, 3.63) is 35.4 Å². The molecule has 0 aromatic heterocycles. The lowest BCUT2D eigenvalue weighted by Gasteiger charge is -2.23. The van der Waals surface area contributed by atoms with Gasteiger partial charge in [-0.05, 0) is 55.3 Å². The van der Waals surface area contributed by atoms with Gasteiger partial charge in [-0.1, -0.05) is 25.3 Å². The van der Waals surface area contributed by atoms with Gasteiger partial charge in [0.15, 0.2) is 11.6 Å². The number of halogens is 2. The van der Waals surface area contributed by atoms with Crippen LogP contribution in [0.25, 0.3) is 0 Å². The first kappa shape index (κ1) is 13.5. The van der Waals surface area contributed by atoms with Crippen LogP contribution in [0.5, 0.6) is 0 Å². The number of benzene rings is 1. The molecular weight excluding hydrogens is 232 g/mol. The molecule has 1 saturated carbocycles. The van der Waals surface area contributed by atoms with E-state index in [0.29, 0.717) is 18.4 Å². The molecule has 2 unspecified atom stereocenters. The van der Waals surface area contributed by atoms with Crippen molar-refractivity contribution in [3.63, 3.8) is 0 Å². The quantitative estimate of drug-likeness (QED) is 0.817. The highest BCUT2D eigenvalue weighted by Gasteiger charge is 2.23. The van der Waals surface area contributed by atoms with Crippen LogP contribution in [-0.4, -0.2) is 6.54 Å². The van der Waals surface area contributed by atoms with E-state index in [-0.39, 0.29) is 0 Å². The molecule has 100 valence electrons. The Bertz CT molecular complexity index is 392. The molecule has 0 saturated heterocycles. The molecule has 3 heteroatoms. The fourth-order valence-corrected chi connectivity index (χ4v) is 3.01. The molecule has 1 aliphatic carbocycles. The van der Waals surface area contributed by atoms with E-state index in [0.717, 1.165) is 18.4 Å². The zero-order valence-corrected chi connectivity index (χ0v) is 10.7. The van der Waals surface area contributed by atoms with Crippen LogP contribution in [0.3, 0.4) is 0 Å². The fourth-order valence-electron chi connectivity index (χ4n) is 3.01. The third-order valence-corrected chi connectivity index (χ3v) is 4.10. The molecular formula is C15H21F2N. The molecule has 2 atom stereocenters. The van der Waals surface area contributed by atoms with Gasteiger partial charge in [-0.3, -0.25) is 0 Å². The van der Waals surface area contributed by atoms with Gasteiger partial charge in [0.25, 0.3) is 0 Å². The van der Waals surface area contributed by atoms with Gasteiger partial charge in [-0.2, -0.15) is 0 Å². The van der Waals surface area contributed by atoms with Gasteiger partial charge in [0.05, 0.1) is 0 Å². The lowest BCUT2D eigenvalue weighted by molar-refractivity contribution is 0.317. The minimum Gasteiger partial charge on any atom is -0.330 e. The highest BCUT2D eigenvalue weighted by atomic mass is 19.2. The van der Waals surface area contributed by atoms with Crippen LogP contribution in [0.2, 0.25) is 0 Å². The molecule has 1 fully saturated rings. The second-order valence-electron chi connectivity index (χ2n) is 5.35. The highest BCUT2D eigenvalue weighted by molar-refractivity contribution is 5.18. The minimum absolute atomic E-state index is 0.516. The Morgan fingerprint density at radius 3 is 2.39 bits per heavy atom. The lowest BCUT2D eigenvalue weighted by atomic mass is 9.83. The van der Waals surface area contributed by atoms with E-state index in [9.17, 15) is 8.78 Å². The van der Waals surface area contributed by atoms with Crippen LogP contribution in [-0.2, 0) is 6.42 Å². The molecule has 0 heterocycles. The summed E-state index contributed by atoms with van der Waals surface area (Å²) < 4.78 is 26.1. The van der Waals surface area contributed by atoms with E-state index >= 15 is 0 Å². The molecule has 1 nitrogen and oxygen atoms in total. The first-order valence-electron chi connectivity index (χ1n) is 6.84. The smallest absolute Gasteiger partial charge is 0.159 e. The normalized spacial score (nSPS) is 24.8. The van der Waals surface area contributed by atoms with E-state index in [4.69, 9.17) is 5.73 Å². The van der Waals surface area contributed by atoms with Crippen molar-refractivity contribution in [1.82, 2.24) is 0 Å². The molecule has 2 rings (SSSR count). The maximum Gasteiger partial charge on any atom is 0.159 e. The van der Waals surface area contributed by atoms with E-state index in [1.807, 2.05) is 0 Å². The Morgan fingerprint density at radius 1 is 1.00 bits per heavy atom. The maximum atomic E-state index is 13.2. The standard InChI is InChI=1S/C15H21F2N/c16-14-7-6-11(9-15(14)17)8-12-4-2-1-3-5-13(12)10-18/h6-7,9,12-13H,1-5,8,10,18H2. The van der Waals surface area contributed by atoms with Crippen LogP contribution in [0.4, 0.5) is 8.78 Å². The first-order chi connectivity index (χ1) is 8.70. The van der Waals surface area contributed by atoms with Crippen molar-refractivity contribution in [2.45, 2.75) is 38.5 Å². The molecule has 1 aliphatic rings. The highest BCUT2D eigenvalue weighted by Crippen LogP contribution is 2.31. The van der Waals surface area contributed by atoms with Crippen molar-refractivity contribution in [3.8, 4) is 0 Å². The third-order valence-electron chi connectivity index (χ3n) is 4.10. The van der Waals surface area contributed by atoms with Crippen molar-refractivity contribution in [1.29, 1.82) is 0 Å². The monoisotopic (exact) mass is 253 g/mol. The maximum absolute atomic E-state index is 13.2. The molecule has 0 radical (unpaired) electrons. The molecule has 18 heavy (non-hydrogen) atoms.